The van der Waals surface area contributed by atoms with E-state index in [9.17, 15) is 9.59 Å². The molecule has 20 heavy (non-hydrogen) atoms. The minimum Gasteiger partial charge on any atom is -0.465 e. The van der Waals surface area contributed by atoms with Crippen molar-refractivity contribution in [3.63, 3.8) is 0 Å². The summed E-state index contributed by atoms with van der Waals surface area (Å²) < 4.78 is 4.90. The Morgan fingerprint density at radius 2 is 2.30 bits per heavy atom. The van der Waals surface area contributed by atoms with Gasteiger partial charge in [0.15, 0.2) is 0 Å². The maximum absolute atomic E-state index is 12.5. The maximum Gasteiger partial charge on any atom is 0.325 e. The fourth-order valence-electron chi connectivity index (χ4n) is 2.33. The van der Waals surface area contributed by atoms with Crippen LogP contribution in [0, 0.1) is 0 Å². The van der Waals surface area contributed by atoms with E-state index in [0.29, 0.717) is 18.0 Å². The van der Waals surface area contributed by atoms with E-state index in [0.717, 1.165) is 12.8 Å². The highest BCUT2D eigenvalue weighted by molar-refractivity contribution is 7.14. The van der Waals surface area contributed by atoms with Gasteiger partial charge in [-0.15, -0.1) is 17.9 Å². The second-order valence-corrected chi connectivity index (χ2v) is 5.83. The zero-order valence-corrected chi connectivity index (χ0v) is 12.5. The lowest BCUT2D eigenvalue weighted by molar-refractivity contribution is -0.143. The van der Waals surface area contributed by atoms with Crippen LogP contribution in [0.3, 0.4) is 0 Å². The molecule has 1 heterocycles. The number of fused-ring (bicyclic) bond motifs is 1. The molecule has 0 radical (unpaired) electrons. The summed E-state index contributed by atoms with van der Waals surface area (Å²) in [6, 6.07) is 1.97. The van der Waals surface area contributed by atoms with Gasteiger partial charge in [0, 0.05) is 11.4 Å². The van der Waals surface area contributed by atoms with Crippen molar-refractivity contribution in [3.8, 4) is 0 Å². The van der Waals surface area contributed by atoms with Gasteiger partial charge in [0.2, 0.25) is 0 Å². The standard InChI is InChI=1S/C15H19NO3S/c1-3-8-16(10-14(17)19-4-2)15(18)13-9-11-6-5-7-12(11)20-13/h3,9H,1,4-8,10H2,2H3. The van der Waals surface area contributed by atoms with E-state index in [1.54, 1.807) is 24.3 Å². The molecule has 0 saturated carbocycles. The number of hydrogen-bond acceptors (Lipinski definition) is 4. The third-order valence-corrected chi connectivity index (χ3v) is 4.44. The van der Waals surface area contributed by atoms with Gasteiger partial charge in [-0.05, 0) is 37.8 Å². The summed E-state index contributed by atoms with van der Waals surface area (Å²) in [6.45, 7) is 6.03. The first-order valence-corrected chi connectivity index (χ1v) is 7.64. The SMILES string of the molecule is C=CCN(CC(=O)OCC)C(=O)c1cc2c(s1)CCC2. The molecule has 1 aliphatic carbocycles. The van der Waals surface area contributed by atoms with Crippen LogP contribution in [0.25, 0.3) is 0 Å². The number of esters is 1. The summed E-state index contributed by atoms with van der Waals surface area (Å²) in [5.74, 6) is -0.496. The van der Waals surface area contributed by atoms with Gasteiger partial charge in [-0.3, -0.25) is 9.59 Å². The van der Waals surface area contributed by atoms with Gasteiger partial charge in [0.1, 0.15) is 6.54 Å². The molecule has 4 nitrogen and oxygen atoms in total. The van der Waals surface area contributed by atoms with E-state index in [4.69, 9.17) is 4.74 Å². The van der Waals surface area contributed by atoms with E-state index < -0.39 is 0 Å². The normalized spacial score (nSPS) is 12.8. The number of thiophene rings is 1. The lowest BCUT2D eigenvalue weighted by Crippen LogP contribution is -2.36. The largest absolute Gasteiger partial charge is 0.465 e. The van der Waals surface area contributed by atoms with E-state index in [1.165, 1.54) is 21.8 Å². The first-order valence-electron chi connectivity index (χ1n) is 6.83. The Hall–Kier alpha value is -1.62. The average molecular weight is 293 g/mol. The summed E-state index contributed by atoms with van der Waals surface area (Å²) in [4.78, 5) is 27.5. The van der Waals surface area contributed by atoms with E-state index in [2.05, 4.69) is 6.58 Å². The van der Waals surface area contributed by atoms with Crippen molar-refractivity contribution in [2.45, 2.75) is 26.2 Å². The van der Waals surface area contributed by atoms with Gasteiger partial charge >= 0.3 is 5.97 Å². The number of ether oxygens (including phenoxy) is 1. The highest BCUT2D eigenvalue weighted by atomic mass is 32.1. The van der Waals surface area contributed by atoms with E-state index >= 15 is 0 Å². The minimum atomic E-state index is -0.383. The quantitative estimate of drug-likeness (QED) is 0.598. The van der Waals surface area contributed by atoms with Crippen LogP contribution in [0.2, 0.25) is 0 Å². The van der Waals surface area contributed by atoms with Gasteiger partial charge < -0.3 is 9.64 Å². The third-order valence-electron chi connectivity index (χ3n) is 3.22. The summed E-state index contributed by atoms with van der Waals surface area (Å²) in [5, 5.41) is 0. The molecule has 0 atom stereocenters. The molecule has 0 unspecified atom stereocenters. The van der Waals surface area contributed by atoms with Crippen molar-refractivity contribution < 1.29 is 14.3 Å². The van der Waals surface area contributed by atoms with Crippen LogP contribution in [0.1, 0.15) is 33.5 Å². The molecule has 1 aromatic heterocycles. The van der Waals surface area contributed by atoms with Crippen molar-refractivity contribution in [2.24, 2.45) is 0 Å². The van der Waals surface area contributed by atoms with Crippen molar-refractivity contribution in [3.05, 3.63) is 34.0 Å². The molecule has 0 spiro atoms. The van der Waals surface area contributed by atoms with Crippen LogP contribution in [-0.2, 0) is 22.4 Å². The number of nitrogens with zero attached hydrogens (tertiary/aromatic N) is 1. The lowest BCUT2D eigenvalue weighted by Gasteiger charge is -2.19. The molecular formula is C15H19NO3S. The van der Waals surface area contributed by atoms with E-state index in [-0.39, 0.29) is 18.4 Å². The number of aryl methyl sites for hydroxylation is 2. The Morgan fingerprint density at radius 3 is 2.95 bits per heavy atom. The van der Waals surface area contributed by atoms with Gasteiger partial charge in [0.05, 0.1) is 11.5 Å². The molecule has 0 aromatic carbocycles. The fourth-order valence-corrected chi connectivity index (χ4v) is 3.55. The van der Waals surface area contributed by atoms with Crippen LogP contribution >= 0.6 is 11.3 Å². The molecule has 0 fully saturated rings. The highest BCUT2D eigenvalue weighted by Gasteiger charge is 2.23. The topological polar surface area (TPSA) is 46.6 Å². The summed E-state index contributed by atoms with van der Waals surface area (Å²) in [5.41, 5.74) is 1.29. The first kappa shape index (κ1) is 14.8. The molecule has 0 bridgehead atoms. The van der Waals surface area contributed by atoms with Crippen molar-refractivity contribution in [2.75, 3.05) is 19.7 Å². The molecule has 5 heteroatoms. The second kappa shape index (κ2) is 6.70. The van der Waals surface area contributed by atoms with Crippen LogP contribution in [-0.4, -0.2) is 36.5 Å². The van der Waals surface area contributed by atoms with Crippen molar-refractivity contribution in [1.29, 1.82) is 0 Å². The minimum absolute atomic E-state index is 0.0265. The van der Waals surface area contributed by atoms with Gasteiger partial charge in [0.25, 0.3) is 5.91 Å². The second-order valence-electron chi connectivity index (χ2n) is 4.69. The van der Waals surface area contributed by atoms with Crippen LogP contribution in [0.5, 0.6) is 0 Å². The Labute approximate surface area is 123 Å². The van der Waals surface area contributed by atoms with Crippen LogP contribution < -0.4 is 0 Å². The van der Waals surface area contributed by atoms with Crippen molar-refractivity contribution >= 4 is 23.2 Å². The molecule has 1 aromatic rings. The Morgan fingerprint density at radius 1 is 1.50 bits per heavy atom. The molecule has 0 saturated heterocycles. The fraction of sp³-hybridized carbons (Fsp3) is 0.467. The van der Waals surface area contributed by atoms with Crippen LogP contribution in [0.4, 0.5) is 0 Å². The molecule has 1 amide bonds. The molecule has 0 N–H and O–H groups in total. The van der Waals surface area contributed by atoms with Gasteiger partial charge in [-0.25, -0.2) is 0 Å². The molecule has 108 valence electrons. The molecule has 1 aliphatic rings. The number of amides is 1. The number of hydrogen-bond donors (Lipinski definition) is 0. The lowest BCUT2D eigenvalue weighted by atomic mass is 10.2. The zero-order chi connectivity index (χ0) is 14.5. The Balaban J connectivity index is 2.09. The Kier molecular flexibility index (Phi) is 4.95. The van der Waals surface area contributed by atoms with Crippen LogP contribution in [0.15, 0.2) is 18.7 Å². The smallest absolute Gasteiger partial charge is 0.325 e. The van der Waals surface area contributed by atoms with E-state index in [1.807, 2.05) is 6.07 Å². The summed E-state index contributed by atoms with van der Waals surface area (Å²) >= 11 is 1.55. The zero-order valence-electron chi connectivity index (χ0n) is 11.7. The van der Waals surface area contributed by atoms with Gasteiger partial charge in [-0.2, -0.15) is 0 Å². The highest BCUT2D eigenvalue weighted by Crippen LogP contribution is 2.31. The first-order chi connectivity index (χ1) is 9.65. The Bertz CT molecular complexity index is 500. The summed E-state index contributed by atoms with van der Waals surface area (Å²) in [6.07, 6.45) is 4.91. The number of carbonyl (C=O) groups is 2. The average Bonchev–Trinajstić information content (AvgIpc) is 2.98. The van der Waals surface area contributed by atoms with Crippen molar-refractivity contribution in [1.82, 2.24) is 4.90 Å². The number of carbonyl (C=O) groups excluding carboxylic acids is 2. The third kappa shape index (κ3) is 3.28. The molecule has 0 aliphatic heterocycles. The molecular weight excluding hydrogens is 274 g/mol. The predicted octanol–water partition coefficient (Wildman–Crippen LogP) is 2.43. The monoisotopic (exact) mass is 293 g/mol. The predicted molar refractivity (Wildman–Crippen MR) is 79.1 cm³/mol. The van der Waals surface area contributed by atoms with Gasteiger partial charge in [-0.1, -0.05) is 6.08 Å². The summed E-state index contributed by atoms with van der Waals surface area (Å²) in [7, 11) is 0. The maximum atomic E-state index is 12.5. The molecule has 2 rings (SSSR count). The number of rotatable bonds is 6.